The first-order valence-corrected chi connectivity index (χ1v) is 5.97. The molecule has 0 aromatic rings. The Labute approximate surface area is 87.1 Å². The average molecular weight is 197 g/mol. The Morgan fingerprint density at radius 2 is 2.00 bits per heavy atom. The van der Waals surface area contributed by atoms with Crippen molar-refractivity contribution in [3.05, 3.63) is 0 Å². The fourth-order valence-electron chi connectivity index (χ4n) is 2.99. The van der Waals surface area contributed by atoms with Gasteiger partial charge >= 0.3 is 0 Å². The molecule has 0 amide bonds. The van der Waals surface area contributed by atoms with E-state index in [0.29, 0.717) is 5.41 Å². The first-order valence-electron chi connectivity index (χ1n) is 5.97. The maximum absolute atomic E-state index is 9.39. The van der Waals surface area contributed by atoms with Crippen LogP contribution in [0.15, 0.2) is 0 Å². The highest BCUT2D eigenvalue weighted by Gasteiger charge is 2.36. The summed E-state index contributed by atoms with van der Waals surface area (Å²) in [6, 6.07) is 0.753. The zero-order valence-electron chi connectivity index (χ0n) is 9.42. The second-order valence-corrected chi connectivity index (χ2v) is 6.01. The summed E-state index contributed by atoms with van der Waals surface area (Å²) in [4.78, 5) is 0. The average Bonchev–Trinajstić information content (AvgIpc) is 2.44. The van der Waals surface area contributed by atoms with Gasteiger partial charge < -0.3 is 10.4 Å². The molecule has 14 heavy (non-hydrogen) atoms. The van der Waals surface area contributed by atoms with Gasteiger partial charge in [-0.3, -0.25) is 0 Å². The molecule has 0 aromatic heterocycles. The van der Waals surface area contributed by atoms with Crippen LogP contribution < -0.4 is 5.32 Å². The zero-order chi connectivity index (χ0) is 10.2. The van der Waals surface area contributed by atoms with Crippen molar-refractivity contribution < 1.29 is 5.11 Å². The molecular weight excluding hydrogens is 174 g/mol. The summed E-state index contributed by atoms with van der Waals surface area (Å²) in [5.74, 6) is 0.730. The van der Waals surface area contributed by atoms with E-state index < -0.39 is 0 Å². The van der Waals surface area contributed by atoms with Gasteiger partial charge in [0.05, 0.1) is 6.10 Å². The van der Waals surface area contributed by atoms with E-state index in [1.165, 1.54) is 19.3 Å². The van der Waals surface area contributed by atoms with Crippen molar-refractivity contribution in [3.63, 3.8) is 0 Å². The molecule has 0 spiro atoms. The minimum atomic E-state index is -0.0142. The Hall–Kier alpha value is -0.0800. The van der Waals surface area contributed by atoms with Crippen LogP contribution in [0.3, 0.4) is 0 Å². The van der Waals surface area contributed by atoms with Gasteiger partial charge in [-0.25, -0.2) is 0 Å². The molecular formula is C12H23NO. The number of nitrogens with one attached hydrogen (secondary N) is 1. The molecule has 2 unspecified atom stereocenters. The lowest BCUT2D eigenvalue weighted by Crippen LogP contribution is -2.47. The van der Waals surface area contributed by atoms with Crippen molar-refractivity contribution in [1.82, 2.24) is 5.32 Å². The summed E-state index contributed by atoms with van der Waals surface area (Å²) in [7, 11) is 0. The van der Waals surface area contributed by atoms with Crippen LogP contribution in [0.1, 0.15) is 46.0 Å². The Kier molecular flexibility index (Phi) is 2.85. The Morgan fingerprint density at radius 1 is 1.29 bits per heavy atom. The quantitative estimate of drug-likeness (QED) is 0.724. The van der Waals surface area contributed by atoms with Gasteiger partial charge in [0.1, 0.15) is 0 Å². The van der Waals surface area contributed by atoms with Crippen LogP contribution in [0.5, 0.6) is 0 Å². The molecule has 2 rings (SSSR count). The Bertz CT molecular complexity index is 194. The normalized spacial score (nSPS) is 37.1. The molecule has 0 aliphatic heterocycles. The molecule has 0 bridgehead atoms. The van der Waals surface area contributed by atoms with Crippen LogP contribution in [0.25, 0.3) is 0 Å². The van der Waals surface area contributed by atoms with E-state index in [1.54, 1.807) is 0 Å². The van der Waals surface area contributed by atoms with E-state index in [0.717, 1.165) is 31.3 Å². The van der Waals surface area contributed by atoms with Gasteiger partial charge in [0.2, 0.25) is 0 Å². The second kappa shape index (κ2) is 3.82. The van der Waals surface area contributed by atoms with Crippen LogP contribution in [0.2, 0.25) is 0 Å². The highest BCUT2D eigenvalue weighted by atomic mass is 16.3. The monoisotopic (exact) mass is 197 g/mol. The SMILES string of the molecule is CC1(C)CC(NCC2CCC(O)C2)C1. The number of aliphatic hydroxyl groups excluding tert-OH is 1. The molecule has 0 radical (unpaired) electrons. The van der Waals surface area contributed by atoms with Crippen LogP contribution in [0, 0.1) is 11.3 Å². The molecule has 0 aromatic carbocycles. The zero-order valence-corrected chi connectivity index (χ0v) is 9.42. The topological polar surface area (TPSA) is 32.3 Å². The maximum atomic E-state index is 9.39. The first-order chi connectivity index (χ1) is 6.55. The summed E-state index contributed by atoms with van der Waals surface area (Å²) >= 11 is 0. The predicted molar refractivity (Wildman–Crippen MR) is 58.2 cm³/mol. The molecule has 82 valence electrons. The van der Waals surface area contributed by atoms with Crippen molar-refractivity contribution in [2.45, 2.75) is 58.1 Å². The maximum Gasteiger partial charge on any atom is 0.0543 e. The minimum Gasteiger partial charge on any atom is -0.393 e. The van der Waals surface area contributed by atoms with E-state index in [-0.39, 0.29) is 6.10 Å². The van der Waals surface area contributed by atoms with Crippen molar-refractivity contribution in [2.75, 3.05) is 6.54 Å². The van der Waals surface area contributed by atoms with E-state index >= 15 is 0 Å². The number of hydrogen-bond donors (Lipinski definition) is 2. The lowest BCUT2D eigenvalue weighted by molar-refractivity contribution is 0.121. The van der Waals surface area contributed by atoms with Gasteiger partial charge in [0.15, 0.2) is 0 Å². The number of rotatable bonds is 3. The summed E-state index contributed by atoms with van der Waals surface area (Å²) in [5.41, 5.74) is 0.576. The lowest BCUT2D eigenvalue weighted by atomic mass is 9.68. The smallest absolute Gasteiger partial charge is 0.0543 e. The molecule has 2 saturated carbocycles. The van der Waals surface area contributed by atoms with Gasteiger partial charge in [0, 0.05) is 6.04 Å². The molecule has 0 saturated heterocycles. The molecule has 2 atom stereocenters. The van der Waals surface area contributed by atoms with Gasteiger partial charge in [0.25, 0.3) is 0 Å². The molecule has 2 nitrogen and oxygen atoms in total. The third-order valence-corrected chi connectivity index (χ3v) is 3.81. The Morgan fingerprint density at radius 3 is 2.50 bits per heavy atom. The second-order valence-electron chi connectivity index (χ2n) is 6.01. The van der Waals surface area contributed by atoms with Crippen LogP contribution in [-0.2, 0) is 0 Å². The van der Waals surface area contributed by atoms with Gasteiger partial charge in [-0.15, -0.1) is 0 Å². The van der Waals surface area contributed by atoms with Crippen molar-refractivity contribution in [2.24, 2.45) is 11.3 Å². The van der Waals surface area contributed by atoms with Crippen LogP contribution in [0.4, 0.5) is 0 Å². The van der Waals surface area contributed by atoms with Crippen LogP contribution >= 0.6 is 0 Å². The standard InChI is InChI=1S/C12H23NO/c1-12(2)6-10(7-12)13-8-9-3-4-11(14)5-9/h9-11,13-14H,3-8H2,1-2H3. The largest absolute Gasteiger partial charge is 0.393 e. The van der Waals surface area contributed by atoms with E-state index in [2.05, 4.69) is 19.2 Å². The third-order valence-electron chi connectivity index (χ3n) is 3.81. The highest BCUT2D eigenvalue weighted by Crippen LogP contribution is 2.40. The highest BCUT2D eigenvalue weighted by molar-refractivity contribution is 4.92. The van der Waals surface area contributed by atoms with Crippen LogP contribution in [-0.4, -0.2) is 23.8 Å². The van der Waals surface area contributed by atoms with E-state index in [4.69, 9.17) is 0 Å². The predicted octanol–water partition coefficient (Wildman–Crippen LogP) is 1.93. The summed E-state index contributed by atoms with van der Waals surface area (Å²) in [5, 5.41) is 13.0. The fourth-order valence-corrected chi connectivity index (χ4v) is 2.99. The Balaban J connectivity index is 1.60. The van der Waals surface area contributed by atoms with Crippen molar-refractivity contribution in [1.29, 1.82) is 0 Å². The van der Waals surface area contributed by atoms with E-state index in [9.17, 15) is 5.11 Å². The molecule has 2 heteroatoms. The number of hydrogen-bond acceptors (Lipinski definition) is 2. The molecule has 2 aliphatic rings. The van der Waals surface area contributed by atoms with E-state index in [1.807, 2.05) is 0 Å². The summed E-state index contributed by atoms with van der Waals surface area (Å²) < 4.78 is 0. The fraction of sp³-hybridized carbons (Fsp3) is 1.00. The lowest BCUT2D eigenvalue weighted by Gasteiger charge is -2.43. The molecule has 0 heterocycles. The molecule has 2 aliphatic carbocycles. The van der Waals surface area contributed by atoms with Gasteiger partial charge in [-0.2, -0.15) is 0 Å². The summed E-state index contributed by atoms with van der Waals surface area (Å²) in [6.45, 7) is 5.80. The molecule has 2 N–H and O–H groups in total. The van der Waals surface area contributed by atoms with Crippen molar-refractivity contribution in [3.8, 4) is 0 Å². The van der Waals surface area contributed by atoms with Gasteiger partial charge in [-0.05, 0) is 50.0 Å². The van der Waals surface area contributed by atoms with Gasteiger partial charge in [-0.1, -0.05) is 13.8 Å². The molecule has 2 fully saturated rings. The third kappa shape index (κ3) is 2.48. The summed E-state index contributed by atoms with van der Waals surface area (Å²) in [6.07, 6.45) is 5.88. The first kappa shape index (κ1) is 10.4. The van der Waals surface area contributed by atoms with Crippen molar-refractivity contribution >= 4 is 0 Å². The number of aliphatic hydroxyl groups is 1. The minimum absolute atomic E-state index is 0.0142.